The smallest absolute Gasteiger partial charge is 0.161 e. The van der Waals surface area contributed by atoms with Gasteiger partial charge < -0.3 is 4.74 Å². The Morgan fingerprint density at radius 1 is 1.11 bits per heavy atom. The van der Waals surface area contributed by atoms with Gasteiger partial charge >= 0.3 is 0 Å². The number of rotatable bonds is 3. The maximum atomic E-state index is 12.4. The number of carbonyl (C=O) groups is 1. The lowest BCUT2D eigenvalue weighted by Crippen LogP contribution is -2.42. The van der Waals surface area contributed by atoms with Crippen molar-refractivity contribution in [1.82, 2.24) is 0 Å². The standard InChI is InChI=1S/C25H26O2/c1-25-14-13-21-20-10-8-19(27-16-17-5-3-2-4-6-17)15-18(20)7-9-22(21)23(25)11-12-24(25)26/h2-6,8,10-12,15,21-23H,7,9,13-14,16H2,1H3/t21-,22+,23+,25-/m0/s1. The molecule has 2 nitrogen and oxygen atoms in total. The SMILES string of the molecule is C[C@]12CC[C@H]3c4ccc(OCc5ccccc5)cc4CC[C@H]3[C@H]1C=CC2=O. The first kappa shape index (κ1) is 16.8. The Morgan fingerprint density at radius 2 is 1.96 bits per heavy atom. The first-order valence-electron chi connectivity index (χ1n) is 10.2. The largest absolute Gasteiger partial charge is 0.489 e. The number of benzene rings is 2. The molecule has 1 saturated carbocycles. The first-order valence-corrected chi connectivity index (χ1v) is 10.2. The van der Waals surface area contributed by atoms with Crippen LogP contribution in [0.25, 0.3) is 0 Å². The minimum Gasteiger partial charge on any atom is -0.489 e. The number of hydrogen-bond donors (Lipinski definition) is 0. The van der Waals surface area contributed by atoms with Gasteiger partial charge in [0.05, 0.1) is 0 Å². The minimum absolute atomic E-state index is 0.141. The molecule has 3 aliphatic carbocycles. The maximum Gasteiger partial charge on any atom is 0.161 e. The molecule has 3 aliphatic rings. The van der Waals surface area contributed by atoms with E-state index in [0.29, 0.717) is 30.1 Å². The van der Waals surface area contributed by atoms with Crippen molar-refractivity contribution in [3.05, 3.63) is 77.4 Å². The Balaban J connectivity index is 1.36. The third kappa shape index (κ3) is 2.74. The van der Waals surface area contributed by atoms with Crippen molar-refractivity contribution in [2.24, 2.45) is 17.3 Å². The average molecular weight is 358 g/mol. The van der Waals surface area contributed by atoms with Gasteiger partial charge in [-0.15, -0.1) is 0 Å². The van der Waals surface area contributed by atoms with Gasteiger partial charge in [0.1, 0.15) is 12.4 Å². The van der Waals surface area contributed by atoms with E-state index < -0.39 is 0 Å². The molecule has 0 N–H and O–H groups in total. The number of aryl methyl sites for hydroxylation is 1. The van der Waals surface area contributed by atoms with E-state index >= 15 is 0 Å². The van der Waals surface area contributed by atoms with E-state index in [1.807, 2.05) is 24.3 Å². The van der Waals surface area contributed by atoms with E-state index in [2.05, 4.69) is 43.3 Å². The minimum atomic E-state index is -0.141. The van der Waals surface area contributed by atoms with Gasteiger partial charge in [-0.2, -0.15) is 0 Å². The van der Waals surface area contributed by atoms with Gasteiger partial charge in [0, 0.05) is 5.41 Å². The summed E-state index contributed by atoms with van der Waals surface area (Å²) in [7, 11) is 0. The number of ketones is 1. The van der Waals surface area contributed by atoms with Crippen LogP contribution in [-0.4, -0.2) is 5.78 Å². The van der Waals surface area contributed by atoms with Gasteiger partial charge in [0.15, 0.2) is 5.78 Å². The van der Waals surface area contributed by atoms with E-state index in [0.717, 1.165) is 25.0 Å². The molecule has 0 heterocycles. The highest BCUT2D eigenvalue weighted by molar-refractivity contribution is 5.97. The van der Waals surface area contributed by atoms with Crippen LogP contribution in [-0.2, 0) is 17.8 Å². The zero-order valence-electron chi connectivity index (χ0n) is 15.9. The zero-order valence-corrected chi connectivity index (χ0v) is 15.9. The van der Waals surface area contributed by atoms with Crippen LogP contribution in [0, 0.1) is 17.3 Å². The Labute approximate surface area is 161 Å². The van der Waals surface area contributed by atoms with Crippen molar-refractivity contribution in [3.8, 4) is 5.75 Å². The monoisotopic (exact) mass is 358 g/mol. The summed E-state index contributed by atoms with van der Waals surface area (Å²) < 4.78 is 6.04. The number of ether oxygens (including phenoxy) is 1. The number of hydrogen-bond acceptors (Lipinski definition) is 2. The summed E-state index contributed by atoms with van der Waals surface area (Å²) in [5.41, 5.74) is 3.99. The number of carbonyl (C=O) groups excluding carboxylic acids is 1. The predicted octanol–water partition coefficient (Wildman–Crippen LogP) is 5.47. The molecule has 2 aromatic rings. The molecule has 0 amide bonds. The van der Waals surface area contributed by atoms with Crippen LogP contribution in [0.15, 0.2) is 60.7 Å². The lowest BCUT2D eigenvalue weighted by Gasteiger charge is -2.48. The van der Waals surface area contributed by atoms with Crippen molar-refractivity contribution < 1.29 is 9.53 Å². The zero-order chi connectivity index (χ0) is 18.4. The molecule has 2 aromatic carbocycles. The summed E-state index contributed by atoms with van der Waals surface area (Å²) >= 11 is 0. The van der Waals surface area contributed by atoms with Crippen LogP contribution in [0.1, 0.15) is 48.8 Å². The molecule has 2 heteroatoms. The summed E-state index contributed by atoms with van der Waals surface area (Å²) in [6.45, 7) is 2.80. The molecule has 0 bridgehead atoms. The summed E-state index contributed by atoms with van der Waals surface area (Å²) in [5, 5.41) is 0. The number of fused-ring (bicyclic) bond motifs is 5. The van der Waals surface area contributed by atoms with E-state index in [1.54, 1.807) is 0 Å². The third-order valence-electron chi connectivity index (χ3n) is 7.22. The third-order valence-corrected chi connectivity index (χ3v) is 7.22. The van der Waals surface area contributed by atoms with Gasteiger partial charge in [-0.05, 0) is 78.3 Å². The quantitative estimate of drug-likeness (QED) is 0.727. The highest BCUT2D eigenvalue weighted by Gasteiger charge is 2.52. The fourth-order valence-electron chi connectivity index (χ4n) is 5.66. The lowest BCUT2D eigenvalue weighted by molar-refractivity contribution is -0.126. The molecule has 4 atom stereocenters. The molecular formula is C25H26O2. The molecule has 0 unspecified atom stereocenters. The predicted molar refractivity (Wildman–Crippen MR) is 107 cm³/mol. The Bertz CT molecular complexity index is 898. The van der Waals surface area contributed by atoms with Gasteiger partial charge in [-0.3, -0.25) is 4.79 Å². The highest BCUT2D eigenvalue weighted by atomic mass is 16.5. The van der Waals surface area contributed by atoms with Crippen molar-refractivity contribution in [2.45, 2.75) is 45.1 Å². The van der Waals surface area contributed by atoms with Crippen LogP contribution in [0.2, 0.25) is 0 Å². The Hall–Kier alpha value is -2.35. The Kier molecular flexibility index (Phi) is 3.96. The number of allylic oxidation sites excluding steroid dienone is 2. The molecule has 5 rings (SSSR count). The lowest BCUT2D eigenvalue weighted by atomic mass is 9.55. The van der Waals surface area contributed by atoms with Crippen LogP contribution in [0.5, 0.6) is 5.75 Å². The van der Waals surface area contributed by atoms with E-state index in [9.17, 15) is 4.79 Å². The fraction of sp³-hybridized carbons (Fsp3) is 0.400. The van der Waals surface area contributed by atoms with Crippen molar-refractivity contribution >= 4 is 5.78 Å². The van der Waals surface area contributed by atoms with E-state index in [4.69, 9.17) is 4.74 Å². The molecule has 1 fully saturated rings. The molecule has 0 aromatic heterocycles. The van der Waals surface area contributed by atoms with Crippen LogP contribution < -0.4 is 4.74 Å². The molecule has 27 heavy (non-hydrogen) atoms. The first-order chi connectivity index (χ1) is 13.1. The van der Waals surface area contributed by atoms with Gasteiger partial charge in [-0.25, -0.2) is 0 Å². The normalized spacial score (nSPS) is 31.1. The second kappa shape index (κ2) is 6.37. The second-order valence-corrected chi connectivity index (χ2v) is 8.65. The molecule has 0 radical (unpaired) electrons. The van der Waals surface area contributed by atoms with Gasteiger partial charge in [0.2, 0.25) is 0 Å². The summed E-state index contributed by atoms with van der Waals surface area (Å²) in [4.78, 5) is 12.4. The topological polar surface area (TPSA) is 26.3 Å². The van der Waals surface area contributed by atoms with E-state index in [1.165, 1.54) is 23.1 Å². The molecule has 0 spiro atoms. The van der Waals surface area contributed by atoms with Crippen molar-refractivity contribution in [3.63, 3.8) is 0 Å². The maximum absolute atomic E-state index is 12.4. The molecular weight excluding hydrogens is 332 g/mol. The summed E-state index contributed by atoms with van der Waals surface area (Å²) in [5.74, 6) is 2.93. The van der Waals surface area contributed by atoms with E-state index in [-0.39, 0.29) is 5.41 Å². The van der Waals surface area contributed by atoms with Crippen LogP contribution in [0.4, 0.5) is 0 Å². The van der Waals surface area contributed by atoms with Gasteiger partial charge in [-0.1, -0.05) is 49.4 Å². The van der Waals surface area contributed by atoms with Crippen molar-refractivity contribution in [2.75, 3.05) is 0 Å². The molecule has 0 aliphatic heterocycles. The van der Waals surface area contributed by atoms with Crippen molar-refractivity contribution in [1.29, 1.82) is 0 Å². The van der Waals surface area contributed by atoms with Crippen LogP contribution >= 0.6 is 0 Å². The summed E-state index contributed by atoms with van der Waals surface area (Å²) in [6.07, 6.45) is 8.47. The average Bonchev–Trinajstić information content (AvgIpc) is 3.01. The second-order valence-electron chi connectivity index (χ2n) is 8.65. The Morgan fingerprint density at radius 3 is 2.81 bits per heavy atom. The fourth-order valence-corrected chi connectivity index (χ4v) is 5.66. The molecule has 0 saturated heterocycles. The van der Waals surface area contributed by atoms with Gasteiger partial charge in [0.25, 0.3) is 0 Å². The molecule has 138 valence electrons. The highest BCUT2D eigenvalue weighted by Crippen LogP contribution is 2.57. The summed E-state index contributed by atoms with van der Waals surface area (Å²) in [6, 6.07) is 17.0. The van der Waals surface area contributed by atoms with Crippen LogP contribution in [0.3, 0.4) is 0 Å².